The van der Waals surface area contributed by atoms with Crippen LogP contribution in [0.15, 0.2) is 34.9 Å². The highest BCUT2D eigenvalue weighted by molar-refractivity contribution is 6.30. The van der Waals surface area contributed by atoms with E-state index in [0.717, 1.165) is 37.1 Å². The normalized spacial score (nSPS) is 20.0. The number of rotatable bonds is 5. The summed E-state index contributed by atoms with van der Waals surface area (Å²) in [6, 6.07) is 7.68. The van der Waals surface area contributed by atoms with E-state index in [-0.39, 0.29) is 24.3 Å². The maximum atomic E-state index is 12.6. The minimum Gasteiger partial charge on any atom is -0.445 e. The maximum Gasteiger partial charge on any atom is 0.242 e. The van der Waals surface area contributed by atoms with E-state index < -0.39 is 0 Å². The zero-order valence-electron chi connectivity index (χ0n) is 15.8. The molecule has 0 N–H and O–H groups in total. The van der Waals surface area contributed by atoms with E-state index in [9.17, 15) is 9.59 Å². The lowest BCUT2D eigenvalue weighted by molar-refractivity contribution is -0.139. The average Bonchev–Trinajstić information content (AvgIpc) is 3.33. The van der Waals surface area contributed by atoms with E-state index in [1.165, 1.54) is 0 Å². The molecule has 0 radical (unpaired) electrons. The Morgan fingerprint density at radius 1 is 1.21 bits per heavy atom. The fourth-order valence-corrected chi connectivity index (χ4v) is 4.06. The second kappa shape index (κ2) is 8.35. The Labute approximate surface area is 169 Å². The van der Waals surface area contributed by atoms with Crippen molar-refractivity contribution in [3.8, 4) is 0 Å². The summed E-state index contributed by atoms with van der Waals surface area (Å²) in [5, 5.41) is 0.713. The van der Waals surface area contributed by atoms with Gasteiger partial charge in [0.15, 0.2) is 5.89 Å². The fourth-order valence-electron chi connectivity index (χ4n) is 3.94. The van der Waals surface area contributed by atoms with Gasteiger partial charge in [-0.2, -0.15) is 0 Å². The summed E-state index contributed by atoms with van der Waals surface area (Å²) in [6.07, 6.45) is 5.71. The molecular formula is C21H24ClN3O3. The highest BCUT2D eigenvalue weighted by atomic mass is 35.5. The van der Waals surface area contributed by atoms with Gasteiger partial charge in [-0.3, -0.25) is 9.59 Å². The quantitative estimate of drug-likeness (QED) is 0.771. The van der Waals surface area contributed by atoms with Crippen molar-refractivity contribution in [2.75, 3.05) is 26.2 Å². The van der Waals surface area contributed by atoms with Crippen LogP contribution in [0.2, 0.25) is 5.02 Å². The van der Waals surface area contributed by atoms with Crippen molar-refractivity contribution < 1.29 is 14.0 Å². The predicted molar refractivity (Wildman–Crippen MR) is 105 cm³/mol. The Morgan fingerprint density at radius 2 is 2.04 bits per heavy atom. The van der Waals surface area contributed by atoms with Crippen LogP contribution in [0.4, 0.5) is 0 Å². The number of likely N-dealkylation sites (tertiary alicyclic amines) is 2. The van der Waals surface area contributed by atoms with Crippen molar-refractivity contribution in [2.24, 2.45) is 0 Å². The monoisotopic (exact) mass is 401 g/mol. The summed E-state index contributed by atoms with van der Waals surface area (Å²) in [4.78, 5) is 32.4. The van der Waals surface area contributed by atoms with E-state index >= 15 is 0 Å². The highest BCUT2D eigenvalue weighted by Crippen LogP contribution is 2.27. The standard InChI is InChI=1S/C21H24ClN3O3/c22-17-7-5-15(6-8-17)11-18-12-23-21(28-18)16-3-1-9-24(13-16)20(27)14-25-10-2-4-19(25)26/h5-8,12,16H,1-4,9-11,13-14H2. The average molecular weight is 402 g/mol. The first kappa shape index (κ1) is 19.0. The first-order chi connectivity index (χ1) is 13.6. The molecule has 148 valence electrons. The first-order valence-corrected chi connectivity index (χ1v) is 10.2. The van der Waals surface area contributed by atoms with E-state index in [1.54, 1.807) is 11.1 Å². The van der Waals surface area contributed by atoms with Crippen LogP contribution in [0.5, 0.6) is 0 Å². The van der Waals surface area contributed by atoms with Crippen LogP contribution in [0.1, 0.15) is 48.8 Å². The van der Waals surface area contributed by atoms with Gasteiger partial charge >= 0.3 is 0 Å². The molecule has 2 aromatic rings. The SMILES string of the molecule is O=C1CCCN1CC(=O)N1CCCC(c2ncc(Cc3ccc(Cl)cc3)o2)C1. The third-order valence-electron chi connectivity index (χ3n) is 5.48. The number of amides is 2. The number of halogens is 1. The predicted octanol–water partition coefficient (Wildman–Crippen LogP) is 3.25. The molecule has 2 aliphatic rings. The third-order valence-corrected chi connectivity index (χ3v) is 5.74. The fraction of sp³-hybridized carbons (Fsp3) is 0.476. The number of nitrogens with zero attached hydrogens (tertiary/aromatic N) is 3. The number of aromatic nitrogens is 1. The van der Waals surface area contributed by atoms with Crippen LogP contribution in [-0.4, -0.2) is 52.8 Å². The summed E-state index contributed by atoms with van der Waals surface area (Å²) >= 11 is 5.93. The molecule has 1 aromatic heterocycles. The largest absolute Gasteiger partial charge is 0.445 e. The zero-order chi connectivity index (χ0) is 19.5. The van der Waals surface area contributed by atoms with Gasteiger partial charge < -0.3 is 14.2 Å². The molecule has 1 aromatic carbocycles. The van der Waals surface area contributed by atoms with Crippen LogP contribution in [0.25, 0.3) is 0 Å². The van der Waals surface area contributed by atoms with Gasteiger partial charge in [-0.1, -0.05) is 23.7 Å². The van der Waals surface area contributed by atoms with Gasteiger partial charge in [-0.25, -0.2) is 4.98 Å². The number of carbonyl (C=O) groups is 2. The maximum absolute atomic E-state index is 12.6. The molecule has 7 heteroatoms. The Hall–Kier alpha value is -2.34. The molecule has 2 aliphatic heterocycles. The summed E-state index contributed by atoms with van der Waals surface area (Å²) in [5.41, 5.74) is 1.11. The van der Waals surface area contributed by atoms with Crippen LogP contribution < -0.4 is 0 Å². The minimum atomic E-state index is 0.0212. The molecule has 6 nitrogen and oxygen atoms in total. The number of hydrogen-bond donors (Lipinski definition) is 0. The molecule has 2 amide bonds. The minimum absolute atomic E-state index is 0.0212. The van der Waals surface area contributed by atoms with Crippen LogP contribution in [-0.2, 0) is 16.0 Å². The topological polar surface area (TPSA) is 66.7 Å². The molecule has 1 atom stereocenters. The lowest BCUT2D eigenvalue weighted by Crippen LogP contribution is -2.45. The molecule has 3 heterocycles. The molecule has 4 rings (SSSR count). The molecule has 0 aliphatic carbocycles. The molecule has 2 saturated heterocycles. The second-order valence-electron chi connectivity index (χ2n) is 7.57. The van der Waals surface area contributed by atoms with E-state index in [4.69, 9.17) is 16.0 Å². The summed E-state index contributed by atoms with van der Waals surface area (Å²) < 4.78 is 5.99. The Bertz CT molecular complexity index is 849. The smallest absolute Gasteiger partial charge is 0.242 e. The lowest BCUT2D eigenvalue weighted by atomic mass is 9.98. The lowest BCUT2D eigenvalue weighted by Gasteiger charge is -2.32. The number of carbonyl (C=O) groups excluding carboxylic acids is 2. The van der Waals surface area contributed by atoms with Crippen LogP contribution >= 0.6 is 11.6 Å². The molecular weight excluding hydrogens is 378 g/mol. The van der Waals surface area contributed by atoms with Gasteiger partial charge in [0.05, 0.1) is 18.7 Å². The van der Waals surface area contributed by atoms with Gasteiger partial charge in [-0.15, -0.1) is 0 Å². The van der Waals surface area contributed by atoms with Gasteiger partial charge in [-0.05, 0) is 37.0 Å². The van der Waals surface area contributed by atoms with E-state index in [0.29, 0.717) is 36.8 Å². The van der Waals surface area contributed by atoms with Crippen LogP contribution in [0.3, 0.4) is 0 Å². The second-order valence-corrected chi connectivity index (χ2v) is 8.00. The Kier molecular flexibility index (Phi) is 5.67. The van der Waals surface area contributed by atoms with E-state index in [1.807, 2.05) is 29.2 Å². The summed E-state index contributed by atoms with van der Waals surface area (Å²) in [6.45, 7) is 2.21. The van der Waals surface area contributed by atoms with Crippen molar-refractivity contribution in [1.82, 2.24) is 14.8 Å². The number of oxazole rings is 1. The van der Waals surface area contributed by atoms with E-state index in [2.05, 4.69) is 4.98 Å². The molecule has 0 spiro atoms. The van der Waals surface area contributed by atoms with Gasteiger partial charge in [0.25, 0.3) is 0 Å². The number of hydrogen-bond acceptors (Lipinski definition) is 4. The van der Waals surface area contributed by atoms with Gasteiger partial charge in [0.1, 0.15) is 5.76 Å². The van der Waals surface area contributed by atoms with Crippen molar-refractivity contribution in [3.63, 3.8) is 0 Å². The third kappa shape index (κ3) is 4.38. The van der Waals surface area contributed by atoms with Gasteiger partial charge in [0, 0.05) is 37.5 Å². The summed E-state index contributed by atoms with van der Waals surface area (Å²) in [7, 11) is 0. The van der Waals surface area contributed by atoms with Crippen LogP contribution in [0, 0.1) is 0 Å². The van der Waals surface area contributed by atoms with Crippen molar-refractivity contribution in [2.45, 2.75) is 38.0 Å². The molecule has 28 heavy (non-hydrogen) atoms. The van der Waals surface area contributed by atoms with Gasteiger partial charge in [0.2, 0.25) is 11.8 Å². The molecule has 0 bridgehead atoms. The number of piperidine rings is 1. The molecule has 1 unspecified atom stereocenters. The Morgan fingerprint density at radius 3 is 2.79 bits per heavy atom. The highest BCUT2D eigenvalue weighted by Gasteiger charge is 2.30. The van der Waals surface area contributed by atoms with Crippen molar-refractivity contribution in [1.29, 1.82) is 0 Å². The Balaban J connectivity index is 1.36. The molecule has 0 saturated carbocycles. The van der Waals surface area contributed by atoms with Crippen molar-refractivity contribution in [3.05, 3.63) is 52.7 Å². The number of benzene rings is 1. The summed E-state index contributed by atoms with van der Waals surface area (Å²) in [5.74, 6) is 1.71. The zero-order valence-corrected chi connectivity index (χ0v) is 16.5. The first-order valence-electron chi connectivity index (χ1n) is 9.83. The molecule has 2 fully saturated rings. The van der Waals surface area contributed by atoms with Crippen molar-refractivity contribution >= 4 is 23.4 Å².